The van der Waals surface area contributed by atoms with Crippen LogP contribution in [0, 0.1) is 5.41 Å². The van der Waals surface area contributed by atoms with Crippen LogP contribution in [0.1, 0.15) is 44.9 Å². The molecule has 1 aromatic carbocycles. The molecule has 4 heteroatoms. The van der Waals surface area contributed by atoms with Crippen molar-refractivity contribution in [1.82, 2.24) is 5.32 Å². The Labute approximate surface area is 143 Å². The van der Waals surface area contributed by atoms with Crippen LogP contribution in [-0.4, -0.2) is 17.6 Å². The number of furan rings is 1. The van der Waals surface area contributed by atoms with E-state index in [9.17, 15) is 9.90 Å². The molecule has 24 heavy (non-hydrogen) atoms. The smallest absolute Gasteiger partial charge is 0.225 e. The average molecular weight is 329 g/mol. The highest BCUT2D eigenvalue weighted by Crippen LogP contribution is 2.25. The number of aliphatic hydroxyl groups is 1. The van der Waals surface area contributed by atoms with Gasteiger partial charge in [-0.2, -0.15) is 0 Å². The van der Waals surface area contributed by atoms with Gasteiger partial charge in [-0.25, -0.2) is 0 Å². The summed E-state index contributed by atoms with van der Waals surface area (Å²) < 4.78 is 5.23. The minimum absolute atomic E-state index is 0.0533. The van der Waals surface area contributed by atoms with Crippen molar-refractivity contribution in [2.75, 3.05) is 6.54 Å². The van der Waals surface area contributed by atoms with E-state index in [4.69, 9.17) is 4.42 Å². The van der Waals surface area contributed by atoms with Gasteiger partial charge in [-0.1, -0.05) is 44.2 Å². The first-order chi connectivity index (χ1) is 11.3. The summed E-state index contributed by atoms with van der Waals surface area (Å²) >= 11 is 0. The van der Waals surface area contributed by atoms with E-state index >= 15 is 0 Å². The number of rotatable bonds is 8. The normalized spacial score (nSPS) is 14.2. The molecule has 1 aromatic heterocycles. The molecule has 130 valence electrons. The second kappa shape index (κ2) is 7.67. The van der Waals surface area contributed by atoms with Crippen molar-refractivity contribution in [3.05, 3.63) is 60.1 Å². The SMILES string of the molecule is CC(C)(CCCc1ccccc1)C(=O)NCC(C)(O)c1ccco1. The Bertz CT molecular complexity index is 630. The molecular weight excluding hydrogens is 302 g/mol. The van der Waals surface area contributed by atoms with E-state index in [-0.39, 0.29) is 12.5 Å². The molecule has 0 aliphatic rings. The summed E-state index contributed by atoms with van der Waals surface area (Å²) in [7, 11) is 0. The molecular formula is C20H27NO3. The Balaban J connectivity index is 1.81. The van der Waals surface area contributed by atoms with Crippen LogP contribution in [0.4, 0.5) is 0 Å². The van der Waals surface area contributed by atoms with Crippen molar-refractivity contribution in [1.29, 1.82) is 0 Å². The second-order valence-electron chi connectivity index (χ2n) is 7.16. The maximum Gasteiger partial charge on any atom is 0.225 e. The van der Waals surface area contributed by atoms with Gasteiger partial charge in [0, 0.05) is 5.41 Å². The van der Waals surface area contributed by atoms with E-state index < -0.39 is 11.0 Å². The molecule has 2 rings (SSSR count). The van der Waals surface area contributed by atoms with Crippen LogP contribution in [0.25, 0.3) is 0 Å². The molecule has 1 amide bonds. The molecule has 0 aliphatic carbocycles. The summed E-state index contributed by atoms with van der Waals surface area (Å²) in [6.07, 6.45) is 4.20. The summed E-state index contributed by atoms with van der Waals surface area (Å²) in [5, 5.41) is 13.3. The third-order valence-corrected chi connectivity index (χ3v) is 4.37. The van der Waals surface area contributed by atoms with Gasteiger partial charge in [0.2, 0.25) is 5.91 Å². The standard InChI is InChI=1S/C20H27NO3/c1-19(2,13-7-11-16-9-5-4-6-10-16)18(22)21-15-20(3,23)17-12-8-14-24-17/h4-6,8-10,12,14,23H,7,11,13,15H2,1-3H3,(H,21,22). The predicted molar refractivity (Wildman–Crippen MR) is 94.4 cm³/mol. The van der Waals surface area contributed by atoms with E-state index in [0.717, 1.165) is 19.3 Å². The Morgan fingerprint density at radius 2 is 1.83 bits per heavy atom. The number of hydrogen-bond donors (Lipinski definition) is 2. The van der Waals surface area contributed by atoms with Gasteiger partial charge in [-0.3, -0.25) is 4.79 Å². The predicted octanol–water partition coefficient (Wildman–Crippen LogP) is 3.65. The van der Waals surface area contributed by atoms with Crippen molar-refractivity contribution in [2.24, 2.45) is 5.41 Å². The summed E-state index contributed by atoms with van der Waals surface area (Å²) in [5.74, 6) is 0.395. The minimum atomic E-state index is -1.21. The van der Waals surface area contributed by atoms with Crippen LogP contribution in [0.15, 0.2) is 53.1 Å². The molecule has 2 N–H and O–H groups in total. The van der Waals surface area contributed by atoms with E-state index in [2.05, 4.69) is 17.4 Å². The molecule has 2 aromatic rings. The summed E-state index contributed by atoms with van der Waals surface area (Å²) in [6.45, 7) is 5.64. The molecule has 0 radical (unpaired) electrons. The van der Waals surface area contributed by atoms with Crippen LogP contribution < -0.4 is 5.32 Å². The van der Waals surface area contributed by atoms with Crippen molar-refractivity contribution in [3.8, 4) is 0 Å². The number of amides is 1. The Kier molecular flexibility index (Phi) is 5.84. The van der Waals surface area contributed by atoms with Crippen LogP contribution >= 0.6 is 0 Å². The highest BCUT2D eigenvalue weighted by atomic mass is 16.4. The maximum atomic E-state index is 12.5. The van der Waals surface area contributed by atoms with Crippen molar-refractivity contribution in [2.45, 2.75) is 45.6 Å². The lowest BCUT2D eigenvalue weighted by Gasteiger charge is -2.27. The van der Waals surface area contributed by atoms with Gasteiger partial charge >= 0.3 is 0 Å². The van der Waals surface area contributed by atoms with Gasteiger partial charge in [0.05, 0.1) is 12.8 Å². The quantitative estimate of drug-likeness (QED) is 0.777. The zero-order chi connectivity index (χ0) is 17.6. The number of carbonyl (C=O) groups excluding carboxylic acids is 1. The van der Waals surface area contributed by atoms with Crippen LogP contribution in [-0.2, 0) is 16.8 Å². The molecule has 0 aliphatic heterocycles. The molecule has 0 fully saturated rings. The van der Waals surface area contributed by atoms with E-state index in [1.807, 2.05) is 32.0 Å². The van der Waals surface area contributed by atoms with E-state index in [1.165, 1.54) is 11.8 Å². The monoisotopic (exact) mass is 329 g/mol. The van der Waals surface area contributed by atoms with Gasteiger partial charge in [0.25, 0.3) is 0 Å². The van der Waals surface area contributed by atoms with Gasteiger partial charge in [-0.15, -0.1) is 0 Å². The fourth-order valence-electron chi connectivity index (χ4n) is 2.66. The fraction of sp³-hybridized carbons (Fsp3) is 0.450. The third kappa shape index (κ3) is 4.96. The number of carbonyl (C=O) groups is 1. The highest BCUT2D eigenvalue weighted by Gasteiger charge is 2.31. The second-order valence-corrected chi connectivity index (χ2v) is 7.16. The molecule has 1 atom stereocenters. The topological polar surface area (TPSA) is 62.5 Å². The first-order valence-electron chi connectivity index (χ1n) is 8.40. The molecule has 0 bridgehead atoms. The van der Waals surface area contributed by atoms with Gasteiger partial charge < -0.3 is 14.8 Å². The Morgan fingerprint density at radius 3 is 2.46 bits per heavy atom. The lowest BCUT2D eigenvalue weighted by Crippen LogP contribution is -2.44. The number of benzene rings is 1. The fourth-order valence-corrected chi connectivity index (χ4v) is 2.66. The first kappa shape index (κ1) is 18.3. The van der Waals surface area contributed by atoms with Gasteiger partial charge in [0.15, 0.2) is 0 Å². The maximum absolute atomic E-state index is 12.5. The summed E-state index contributed by atoms with van der Waals surface area (Å²) in [4.78, 5) is 12.5. The van der Waals surface area contributed by atoms with Crippen LogP contribution in [0.2, 0.25) is 0 Å². The van der Waals surface area contributed by atoms with Crippen LogP contribution in [0.3, 0.4) is 0 Å². The molecule has 1 unspecified atom stereocenters. The molecule has 0 saturated carbocycles. The van der Waals surface area contributed by atoms with Crippen molar-refractivity contribution >= 4 is 5.91 Å². The lowest BCUT2D eigenvalue weighted by molar-refractivity contribution is -0.131. The zero-order valence-electron chi connectivity index (χ0n) is 14.7. The van der Waals surface area contributed by atoms with E-state index in [0.29, 0.717) is 5.76 Å². The van der Waals surface area contributed by atoms with E-state index in [1.54, 1.807) is 19.1 Å². The summed E-state index contributed by atoms with van der Waals surface area (Å²) in [6, 6.07) is 13.7. The Morgan fingerprint density at radius 1 is 1.12 bits per heavy atom. The average Bonchev–Trinajstić information content (AvgIpc) is 3.09. The summed E-state index contributed by atoms with van der Waals surface area (Å²) in [5.41, 5.74) is -0.401. The largest absolute Gasteiger partial charge is 0.466 e. The molecule has 1 heterocycles. The van der Waals surface area contributed by atoms with Crippen molar-refractivity contribution in [3.63, 3.8) is 0 Å². The highest BCUT2D eigenvalue weighted by molar-refractivity contribution is 5.81. The molecule has 4 nitrogen and oxygen atoms in total. The van der Waals surface area contributed by atoms with Gasteiger partial charge in [0.1, 0.15) is 11.4 Å². The number of aryl methyl sites for hydroxylation is 1. The van der Waals surface area contributed by atoms with Crippen LogP contribution in [0.5, 0.6) is 0 Å². The lowest BCUT2D eigenvalue weighted by atomic mass is 9.85. The third-order valence-electron chi connectivity index (χ3n) is 4.37. The zero-order valence-corrected chi connectivity index (χ0v) is 14.7. The first-order valence-corrected chi connectivity index (χ1v) is 8.40. The Hall–Kier alpha value is -2.07. The number of nitrogens with one attached hydrogen (secondary N) is 1. The molecule has 0 spiro atoms. The number of hydrogen-bond acceptors (Lipinski definition) is 3. The van der Waals surface area contributed by atoms with Gasteiger partial charge in [-0.05, 0) is 43.9 Å². The van der Waals surface area contributed by atoms with Crippen molar-refractivity contribution < 1.29 is 14.3 Å². The minimum Gasteiger partial charge on any atom is -0.466 e. The molecule has 0 saturated heterocycles.